The predicted molar refractivity (Wildman–Crippen MR) is 92.9 cm³/mol. The third kappa shape index (κ3) is 8.73. The molecule has 0 aliphatic rings. The Morgan fingerprint density at radius 2 is 1.09 bits per heavy atom. The van der Waals surface area contributed by atoms with Crippen LogP contribution in [-0.4, -0.2) is 57.1 Å². The highest BCUT2D eigenvalue weighted by atomic mass is 28.4. The molecule has 0 radical (unpaired) electrons. The molecule has 22 heavy (non-hydrogen) atoms. The third-order valence-electron chi connectivity index (χ3n) is 3.05. The molecule has 0 fully saturated rings. The maximum Gasteiger partial charge on any atom is 0.596 e. The Balaban J connectivity index is 4.41. The van der Waals surface area contributed by atoms with Gasteiger partial charge in [0.15, 0.2) is 0 Å². The normalized spacial score (nSPS) is 12.8. The molecule has 0 aromatic carbocycles. The molecule has 0 spiro atoms. The summed E-state index contributed by atoms with van der Waals surface area (Å²) in [6.07, 6.45) is 0.949. The Bertz CT molecular complexity index is 249. The summed E-state index contributed by atoms with van der Waals surface area (Å²) in [4.78, 5) is 3.38. The molecule has 134 valence electrons. The predicted octanol–water partition coefficient (Wildman–Crippen LogP) is 2.66. The van der Waals surface area contributed by atoms with E-state index in [1.807, 2.05) is 34.6 Å². The van der Waals surface area contributed by atoms with E-state index < -0.39 is 17.5 Å². The molecular weight excluding hydrogens is 318 g/mol. The van der Waals surface area contributed by atoms with Crippen molar-refractivity contribution in [2.24, 2.45) is 0 Å². The Morgan fingerprint density at radius 3 is 1.45 bits per heavy atom. The van der Waals surface area contributed by atoms with Crippen LogP contribution in [0.5, 0.6) is 0 Å². The first-order valence-electron chi connectivity index (χ1n) is 8.46. The molecule has 0 rings (SSSR count). The van der Waals surface area contributed by atoms with Gasteiger partial charge in [0.1, 0.15) is 0 Å². The van der Waals surface area contributed by atoms with Crippen molar-refractivity contribution in [3.05, 3.63) is 0 Å². The van der Waals surface area contributed by atoms with Crippen molar-refractivity contribution in [2.75, 3.05) is 39.6 Å². The number of hydrogen-bond acceptors (Lipinski definition) is 6. The molecule has 0 heterocycles. The first-order chi connectivity index (χ1) is 10.5. The van der Waals surface area contributed by atoms with Crippen molar-refractivity contribution in [1.82, 2.24) is 4.98 Å². The van der Waals surface area contributed by atoms with Crippen LogP contribution in [-0.2, 0) is 22.1 Å². The van der Waals surface area contributed by atoms with Gasteiger partial charge in [-0.15, -0.1) is 0 Å². The maximum atomic E-state index is 5.85. The maximum absolute atomic E-state index is 5.85. The van der Waals surface area contributed by atoms with Gasteiger partial charge in [-0.1, -0.05) is 0 Å². The first-order valence-corrected chi connectivity index (χ1v) is 12.7. The molecule has 0 atom stereocenters. The number of rotatable bonds is 15. The highest BCUT2D eigenvalue weighted by molar-refractivity contribution is 6.66. The summed E-state index contributed by atoms with van der Waals surface area (Å²) in [7, 11) is -4.79. The molecule has 0 aliphatic heterocycles. The van der Waals surface area contributed by atoms with Gasteiger partial charge >= 0.3 is 17.5 Å². The highest BCUT2D eigenvalue weighted by Crippen LogP contribution is 2.16. The molecule has 0 amide bonds. The van der Waals surface area contributed by atoms with E-state index in [1.165, 1.54) is 0 Å². The quantitative estimate of drug-likeness (QED) is 0.361. The molecule has 8 heteroatoms. The van der Waals surface area contributed by atoms with Gasteiger partial charge in [0, 0.05) is 33.0 Å². The van der Waals surface area contributed by atoms with Crippen molar-refractivity contribution in [2.45, 2.75) is 53.6 Å². The fraction of sp³-hybridized carbons (Fsp3) is 1.00. The summed E-state index contributed by atoms with van der Waals surface area (Å²) in [5.74, 6) is 0. The van der Waals surface area contributed by atoms with Crippen LogP contribution in [0.15, 0.2) is 0 Å². The Labute approximate surface area is 138 Å². The topological polar surface area (TPSA) is 58.2 Å². The van der Waals surface area contributed by atoms with Crippen LogP contribution in [0.25, 0.3) is 0 Å². The molecule has 6 nitrogen and oxygen atoms in total. The van der Waals surface area contributed by atoms with Crippen LogP contribution in [0.3, 0.4) is 0 Å². The molecular formula is C14H35NO5Si2. The zero-order valence-corrected chi connectivity index (χ0v) is 17.2. The van der Waals surface area contributed by atoms with Gasteiger partial charge in [-0.2, -0.15) is 0 Å². The minimum absolute atomic E-state index is 0.573. The van der Waals surface area contributed by atoms with Crippen molar-refractivity contribution >= 4 is 17.5 Å². The lowest BCUT2D eigenvalue weighted by Gasteiger charge is -2.29. The molecule has 0 unspecified atom stereocenters. The molecule has 0 saturated carbocycles. The summed E-state index contributed by atoms with van der Waals surface area (Å²) in [6, 6.07) is 0.941. The lowest BCUT2D eigenvalue weighted by molar-refractivity contribution is 0.0599. The fourth-order valence-corrected chi connectivity index (χ4v) is 6.89. The van der Waals surface area contributed by atoms with E-state index in [1.54, 1.807) is 0 Å². The Hall–Kier alpha value is 0.194. The molecule has 0 saturated heterocycles. The summed E-state index contributed by atoms with van der Waals surface area (Å²) in [5, 5.41) is 0. The van der Waals surface area contributed by atoms with Crippen molar-refractivity contribution in [3.63, 3.8) is 0 Å². The lowest BCUT2D eigenvalue weighted by atomic mass is 10.5. The van der Waals surface area contributed by atoms with Gasteiger partial charge in [-0.25, -0.2) is 0 Å². The smallest absolute Gasteiger partial charge is 0.395 e. The van der Waals surface area contributed by atoms with E-state index in [0.717, 1.165) is 19.0 Å². The average Bonchev–Trinajstić information content (AvgIpc) is 2.45. The summed E-state index contributed by atoms with van der Waals surface area (Å²) in [6.45, 7) is 15.9. The second kappa shape index (κ2) is 12.6. The van der Waals surface area contributed by atoms with Crippen LogP contribution < -0.4 is 4.98 Å². The van der Waals surface area contributed by atoms with Gasteiger partial charge in [-0.05, 0) is 60.2 Å². The SMILES string of the molecule is CCO[Si](C)(CCCN[Si](OCC)(OCC)OCC)OCC. The number of hydrogen-bond donors (Lipinski definition) is 1. The van der Waals surface area contributed by atoms with E-state index in [-0.39, 0.29) is 0 Å². The molecule has 0 aliphatic carbocycles. The Morgan fingerprint density at radius 1 is 0.682 bits per heavy atom. The van der Waals surface area contributed by atoms with E-state index in [9.17, 15) is 0 Å². The van der Waals surface area contributed by atoms with Crippen molar-refractivity contribution in [3.8, 4) is 0 Å². The zero-order chi connectivity index (χ0) is 16.9. The Kier molecular flexibility index (Phi) is 12.7. The van der Waals surface area contributed by atoms with Crippen LogP contribution in [0.2, 0.25) is 12.6 Å². The van der Waals surface area contributed by atoms with Gasteiger partial charge < -0.3 is 22.1 Å². The standard InChI is InChI=1S/C14H35NO5Si2/c1-7-16-21(6,17-8-2)14-12-13-15-22(18-9-3,19-10-4)20-11-5/h15H,7-14H2,1-6H3. The van der Waals surface area contributed by atoms with E-state index in [4.69, 9.17) is 22.1 Å². The fourth-order valence-electron chi connectivity index (χ4n) is 2.30. The van der Waals surface area contributed by atoms with E-state index >= 15 is 0 Å². The van der Waals surface area contributed by atoms with Crippen LogP contribution in [0, 0.1) is 0 Å². The van der Waals surface area contributed by atoms with Crippen LogP contribution >= 0.6 is 0 Å². The van der Waals surface area contributed by atoms with Gasteiger partial charge in [-0.3, -0.25) is 4.98 Å². The van der Waals surface area contributed by atoms with E-state index in [0.29, 0.717) is 33.0 Å². The first kappa shape index (κ1) is 22.2. The summed E-state index contributed by atoms with van der Waals surface area (Å²) < 4.78 is 29.0. The monoisotopic (exact) mass is 353 g/mol. The summed E-state index contributed by atoms with van der Waals surface area (Å²) in [5.41, 5.74) is 0. The molecule has 0 aromatic rings. The molecule has 0 bridgehead atoms. The zero-order valence-electron chi connectivity index (χ0n) is 15.2. The van der Waals surface area contributed by atoms with Crippen molar-refractivity contribution in [1.29, 1.82) is 0 Å². The molecule has 0 aromatic heterocycles. The second-order valence-corrected chi connectivity index (χ2v) is 10.6. The minimum atomic E-state index is -2.75. The lowest BCUT2D eigenvalue weighted by Crippen LogP contribution is -2.59. The third-order valence-corrected chi connectivity index (χ3v) is 8.80. The average molecular weight is 354 g/mol. The highest BCUT2D eigenvalue weighted by Gasteiger charge is 2.41. The van der Waals surface area contributed by atoms with Crippen LogP contribution in [0.1, 0.15) is 41.0 Å². The molecule has 1 N–H and O–H groups in total. The van der Waals surface area contributed by atoms with Crippen LogP contribution in [0.4, 0.5) is 0 Å². The number of nitrogens with one attached hydrogen (secondary N) is 1. The second-order valence-electron chi connectivity index (χ2n) is 4.89. The van der Waals surface area contributed by atoms with Crippen molar-refractivity contribution < 1.29 is 22.1 Å². The minimum Gasteiger partial charge on any atom is -0.395 e. The van der Waals surface area contributed by atoms with E-state index in [2.05, 4.69) is 11.5 Å². The van der Waals surface area contributed by atoms with Gasteiger partial charge in [0.2, 0.25) is 0 Å². The summed E-state index contributed by atoms with van der Waals surface area (Å²) >= 11 is 0. The largest absolute Gasteiger partial charge is 0.596 e. The van der Waals surface area contributed by atoms with Gasteiger partial charge in [0.05, 0.1) is 0 Å². The van der Waals surface area contributed by atoms with Gasteiger partial charge in [0.25, 0.3) is 0 Å².